The monoisotopic (exact) mass is 329 g/mol. The SMILES string of the molecule is Cn1ccnc1C1(O)C2CCCC1CN(Cc1ccccc1F)C2. The second kappa shape index (κ2) is 5.97. The van der Waals surface area contributed by atoms with Gasteiger partial charge in [-0.25, -0.2) is 9.37 Å². The van der Waals surface area contributed by atoms with Crippen molar-refractivity contribution in [2.45, 2.75) is 31.4 Å². The van der Waals surface area contributed by atoms with Crippen molar-refractivity contribution in [1.29, 1.82) is 0 Å². The first kappa shape index (κ1) is 15.8. The van der Waals surface area contributed by atoms with Crippen molar-refractivity contribution in [2.24, 2.45) is 18.9 Å². The molecule has 2 aromatic rings. The fourth-order valence-electron chi connectivity index (χ4n) is 4.66. The Bertz CT molecular complexity index is 715. The molecule has 2 aliphatic rings. The Morgan fingerprint density at radius 2 is 1.96 bits per heavy atom. The molecule has 1 saturated heterocycles. The molecule has 24 heavy (non-hydrogen) atoms. The zero-order chi connectivity index (χ0) is 16.7. The molecule has 4 nitrogen and oxygen atoms in total. The number of rotatable bonds is 3. The first-order valence-electron chi connectivity index (χ1n) is 8.75. The Morgan fingerprint density at radius 1 is 1.25 bits per heavy atom. The van der Waals surface area contributed by atoms with E-state index in [1.54, 1.807) is 12.3 Å². The number of piperidine rings is 1. The van der Waals surface area contributed by atoms with Crippen LogP contribution in [-0.2, 0) is 19.2 Å². The lowest BCUT2D eigenvalue weighted by atomic mass is 9.65. The zero-order valence-corrected chi connectivity index (χ0v) is 14.0. The highest BCUT2D eigenvalue weighted by molar-refractivity contribution is 5.19. The number of hydrogen-bond donors (Lipinski definition) is 1. The summed E-state index contributed by atoms with van der Waals surface area (Å²) < 4.78 is 15.9. The maximum atomic E-state index is 14.0. The summed E-state index contributed by atoms with van der Waals surface area (Å²) >= 11 is 0. The molecule has 0 spiro atoms. The van der Waals surface area contributed by atoms with Gasteiger partial charge < -0.3 is 9.67 Å². The Balaban J connectivity index is 1.59. The standard InChI is InChI=1S/C19H24FN3O/c1-22-10-9-21-18(22)19(24)15-6-4-7-16(19)13-23(12-15)11-14-5-2-3-8-17(14)20/h2-3,5,8-10,15-16,24H,4,6-7,11-13H2,1H3. The van der Waals surface area contributed by atoms with Gasteiger partial charge in [0.05, 0.1) is 0 Å². The quantitative estimate of drug-likeness (QED) is 0.941. The number of nitrogens with zero attached hydrogens (tertiary/aromatic N) is 3. The maximum absolute atomic E-state index is 14.0. The molecular formula is C19H24FN3O. The molecule has 0 radical (unpaired) electrons. The van der Waals surface area contributed by atoms with Gasteiger partial charge in [0.2, 0.25) is 0 Å². The van der Waals surface area contributed by atoms with E-state index >= 15 is 0 Å². The fraction of sp³-hybridized carbons (Fsp3) is 0.526. The number of aromatic nitrogens is 2. The van der Waals surface area contributed by atoms with E-state index in [-0.39, 0.29) is 17.7 Å². The Hall–Kier alpha value is -1.72. The van der Waals surface area contributed by atoms with Crippen molar-refractivity contribution in [2.75, 3.05) is 13.1 Å². The molecule has 2 unspecified atom stereocenters. The Kier molecular flexibility index (Phi) is 3.93. The van der Waals surface area contributed by atoms with Gasteiger partial charge in [0.15, 0.2) is 0 Å². The number of halogens is 1. The third-order valence-electron chi connectivity index (χ3n) is 5.84. The summed E-state index contributed by atoms with van der Waals surface area (Å²) in [5.41, 5.74) is -0.125. The van der Waals surface area contributed by atoms with Gasteiger partial charge >= 0.3 is 0 Å². The molecule has 4 rings (SSSR count). The molecular weight excluding hydrogens is 305 g/mol. The second-order valence-corrected chi connectivity index (χ2v) is 7.30. The molecule has 1 aliphatic heterocycles. The van der Waals surface area contributed by atoms with E-state index in [1.807, 2.05) is 29.9 Å². The highest BCUT2D eigenvalue weighted by Crippen LogP contribution is 2.48. The third kappa shape index (κ3) is 2.47. The van der Waals surface area contributed by atoms with Gasteiger partial charge in [-0.2, -0.15) is 0 Å². The Labute approximate surface area is 141 Å². The summed E-state index contributed by atoms with van der Waals surface area (Å²) in [5.74, 6) is 0.936. The van der Waals surface area contributed by atoms with Crippen molar-refractivity contribution in [3.8, 4) is 0 Å². The predicted molar refractivity (Wildman–Crippen MR) is 89.6 cm³/mol. The average molecular weight is 329 g/mol. The van der Waals surface area contributed by atoms with E-state index in [1.165, 1.54) is 6.07 Å². The molecule has 1 saturated carbocycles. The number of likely N-dealkylation sites (tertiary alicyclic amines) is 1. The first-order chi connectivity index (χ1) is 11.6. The number of aryl methyl sites for hydroxylation is 1. The van der Waals surface area contributed by atoms with Crippen LogP contribution in [0.4, 0.5) is 4.39 Å². The molecule has 2 fully saturated rings. The molecule has 1 aromatic heterocycles. The van der Waals surface area contributed by atoms with E-state index in [2.05, 4.69) is 9.88 Å². The summed E-state index contributed by atoms with van der Waals surface area (Å²) in [6, 6.07) is 6.98. The van der Waals surface area contributed by atoms with Crippen molar-refractivity contribution in [3.63, 3.8) is 0 Å². The topological polar surface area (TPSA) is 41.3 Å². The molecule has 2 atom stereocenters. The van der Waals surface area contributed by atoms with E-state index < -0.39 is 5.60 Å². The Morgan fingerprint density at radius 3 is 2.58 bits per heavy atom. The number of imidazole rings is 1. The van der Waals surface area contributed by atoms with Crippen LogP contribution in [0.3, 0.4) is 0 Å². The van der Waals surface area contributed by atoms with Crippen LogP contribution in [0.15, 0.2) is 36.7 Å². The molecule has 5 heteroatoms. The lowest BCUT2D eigenvalue weighted by Crippen LogP contribution is -2.58. The zero-order valence-electron chi connectivity index (χ0n) is 14.0. The summed E-state index contributed by atoms with van der Waals surface area (Å²) in [5, 5.41) is 11.5. The van der Waals surface area contributed by atoms with Crippen LogP contribution < -0.4 is 0 Å². The van der Waals surface area contributed by atoms with Gasteiger partial charge in [0, 0.05) is 56.5 Å². The van der Waals surface area contributed by atoms with Crippen molar-refractivity contribution in [1.82, 2.24) is 14.5 Å². The van der Waals surface area contributed by atoms with Gasteiger partial charge in [-0.3, -0.25) is 4.90 Å². The minimum absolute atomic E-state index is 0.146. The average Bonchev–Trinajstić information content (AvgIpc) is 2.97. The van der Waals surface area contributed by atoms with Gasteiger partial charge in [0.1, 0.15) is 17.2 Å². The highest BCUT2D eigenvalue weighted by atomic mass is 19.1. The van der Waals surface area contributed by atoms with Gasteiger partial charge in [-0.05, 0) is 18.9 Å². The second-order valence-electron chi connectivity index (χ2n) is 7.30. The maximum Gasteiger partial charge on any atom is 0.141 e. The van der Waals surface area contributed by atoms with Gasteiger partial charge in [-0.15, -0.1) is 0 Å². The third-order valence-corrected chi connectivity index (χ3v) is 5.84. The molecule has 0 amide bonds. The molecule has 2 bridgehead atoms. The molecule has 1 aromatic carbocycles. The van der Waals surface area contributed by atoms with E-state index in [0.29, 0.717) is 6.54 Å². The van der Waals surface area contributed by atoms with Crippen LogP contribution in [-0.4, -0.2) is 32.6 Å². The van der Waals surface area contributed by atoms with Gasteiger partial charge in [-0.1, -0.05) is 24.6 Å². The fourth-order valence-corrected chi connectivity index (χ4v) is 4.66. The van der Waals surface area contributed by atoms with Crippen LogP contribution in [0.25, 0.3) is 0 Å². The largest absolute Gasteiger partial charge is 0.381 e. The van der Waals surface area contributed by atoms with Crippen LogP contribution >= 0.6 is 0 Å². The summed E-state index contributed by atoms with van der Waals surface area (Å²) in [4.78, 5) is 6.75. The van der Waals surface area contributed by atoms with Crippen molar-refractivity contribution < 1.29 is 9.50 Å². The van der Waals surface area contributed by atoms with Crippen molar-refractivity contribution >= 4 is 0 Å². The lowest BCUT2D eigenvalue weighted by Gasteiger charge is -2.52. The summed E-state index contributed by atoms with van der Waals surface area (Å²) in [6.45, 7) is 2.18. The minimum atomic E-state index is -0.859. The van der Waals surface area contributed by atoms with Crippen LogP contribution in [0.5, 0.6) is 0 Å². The molecule has 128 valence electrons. The van der Waals surface area contributed by atoms with E-state index in [4.69, 9.17) is 0 Å². The van der Waals surface area contributed by atoms with Crippen LogP contribution in [0.1, 0.15) is 30.7 Å². The summed E-state index contributed by atoms with van der Waals surface area (Å²) in [7, 11) is 1.95. The smallest absolute Gasteiger partial charge is 0.141 e. The van der Waals surface area contributed by atoms with Crippen LogP contribution in [0, 0.1) is 17.7 Å². The van der Waals surface area contributed by atoms with Gasteiger partial charge in [0.25, 0.3) is 0 Å². The highest BCUT2D eigenvalue weighted by Gasteiger charge is 2.53. The number of aliphatic hydroxyl groups is 1. The molecule has 1 N–H and O–H groups in total. The predicted octanol–water partition coefficient (Wildman–Crippen LogP) is 2.68. The number of fused-ring (bicyclic) bond motifs is 2. The van der Waals surface area contributed by atoms with E-state index in [9.17, 15) is 9.50 Å². The number of benzene rings is 1. The lowest BCUT2D eigenvalue weighted by molar-refractivity contribution is -0.155. The first-order valence-corrected chi connectivity index (χ1v) is 8.75. The molecule has 2 heterocycles. The molecule has 1 aliphatic carbocycles. The van der Waals surface area contributed by atoms with Crippen LogP contribution in [0.2, 0.25) is 0 Å². The normalized spacial score (nSPS) is 30.5. The minimum Gasteiger partial charge on any atom is -0.381 e. The van der Waals surface area contributed by atoms with Crippen molar-refractivity contribution in [3.05, 3.63) is 53.9 Å². The summed E-state index contributed by atoms with van der Waals surface area (Å²) in [6.07, 6.45) is 6.79. The number of hydrogen-bond acceptors (Lipinski definition) is 3. The van der Waals surface area contributed by atoms with E-state index in [0.717, 1.165) is 43.7 Å².